The topological polar surface area (TPSA) is 91.8 Å². The molecule has 0 radical (unpaired) electrons. The number of sulfonamides is 1. The fraction of sp³-hybridized carbons (Fsp3) is 0.333. The van der Waals surface area contributed by atoms with E-state index in [0.29, 0.717) is 9.87 Å². The second-order valence-corrected chi connectivity index (χ2v) is 7.20. The highest BCUT2D eigenvalue weighted by Crippen LogP contribution is 2.41. The number of amides is 1. The number of nitrogens with zero attached hydrogens (tertiary/aromatic N) is 1. The number of carbonyl (C=O) groups excluding carboxylic acids is 1. The van der Waals surface area contributed by atoms with E-state index in [4.69, 9.17) is 5.11 Å². The van der Waals surface area contributed by atoms with Gasteiger partial charge in [-0.3, -0.25) is 4.79 Å². The Morgan fingerprint density at radius 3 is 2.37 bits per heavy atom. The van der Waals surface area contributed by atoms with Crippen molar-refractivity contribution >= 4 is 27.6 Å². The summed E-state index contributed by atoms with van der Waals surface area (Å²) in [4.78, 5) is 23.1. The summed E-state index contributed by atoms with van der Waals surface area (Å²) in [7, 11) is -3.86. The Morgan fingerprint density at radius 2 is 1.89 bits per heavy atom. The summed E-state index contributed by atoms with van der Waals surface area (Å²) in [6.07, 6.45) is 0. The number of aromatic carboxylic acids is 1. The molecule has 0 spiro atoms. The molecule has 7 heteroatoms. The van der Waals surface area contributed by atoms with Crippen LogP contribution in [0.15, 0.2) is 18.2 Å². The molecule has 0 saturated carbocycles. The van der Waals surface area contributed by atoms with E-state index in [1.165, 1.54) is 26.0 Å². The number of anilines is 1. The maximum absolute atomic E-state index is 12.1. The van der Waals surface area contributed by atoms with Crippen LogP contribution in [0.5, 0.6) is 0 Å². The van der Waals surface area contributed by atoms with Crippen molar-refractivity contribution in [1.29, 1.82) is 0 Å². The second kappa shape index (κ2) is 3.80. The molecule has 102 valence electrons. The molecule has 19 heavy (non-hydrogen) atoms. The van der Waals surface area contributed by atoms with Crippen LogP contribution in [0.3, 0.4) is 0 Å². The van der Waals surface area contributed by atoms with Crippen molar-refractivity contribution in [3.8, 4) is 0 Å². The van der Waals surface area contributed by atoms with E-state index < -0.39 is 26.6 Å². The largest absolute Gasteiger partial charge is 0.478 e. The van der Waals surface area contributed by atoms with Crippen LogP contribution in [0.2, 0.25) is 0 Å². The van der Waals surface area contributed by atoms with E-state index in [1.54, 1.807) is 13.0 Å². The number of carboxylic acids is 1. The van der Waals surface area contributed by atoms with Gasteiger partial charge in [0.05, 0.1) is 11.3 Å². The summed E-state index contributed by atoms with van der Waals surface area (Å²) in [5.41, 5.74) is 0.152. The number of rotatable bonds is 2. The molecule has 6 nitrogen and oxygen atoms in total. The Kier molecular flexibility index (Phi) is 2.71. The van der Waals surface area contributed by atoms with Crippen LogP contribution < -0.4 is 4.31 Å². The number of carbonyl (C=O) groups is 2. The van der Waals surface area contributed by atoms with Gasteiger partial charge in [0.1, 0.15) is 0 Å². The molecule has 1 aromatic rings. The summed E-state index contributed by atoms with van der Waals surface area (Å²) in [5.74, 6) is -1.89. The van der Waals surface area contributed by atoms with Crippen molar-refractivity contribution in [2.45, 2.75) is 25.5 Å². The predicted molar refractivity (Wildman–Crippen MR) is 68.6 cm³/mol. The van der Waals surface area contributed by atoms with Gasteiger partial charge in [0.2, 0.25) is 0 Å². The van der Waals surface area contributed by atoms with Crippen LogP contribution in [-0.4, -0.2) is 30.1 Å². The van der Waals surface area contributed by atoms with E-state index in [2.05, 4.69) is 0 Å². The molecule has 1 aromatic carbocycles. The van der Waals surface area contributed by atoms with Gasteiger partial charge in [-0.05, 0) is 32.4 Å². The average Bonchev–Trinajstić information content (AvgIpc) is 2.30. The Balaban J connectivity index is 2.69. The highest BCUT2D eigenvalue weighted by atomic mass is 32.2. The summed E-state index contributed by atoms with van der Waals surface area (Å²) in [6, 6.07) is 4.35. The molecule has 1 amide bonds. The van der Waals surface area contributed by atoms with Gasteiger partial charge >= 0.3 is 5.97 Å². The summed E-state index contributed by atoms with van der Waals surface area (Å²) in [6.45, 7) is 4.18. The first kappa shape index (κ1) is 13.5. The lowest BCUT2D eigenvalue weighted by atomic mass is 10.1. The molecule has 0 aliphatic carbocycles. The molecule has 0 aromatic heterocycles. The van der Waals surface area contributed by atoms with Gasteiger partial charge in [0.25, 0.3) is 15.9 Å². The monoisotopic (exact) mass is 283 g/mol. The van der Waals surface area contributed by atoms with E-state index in [0.717, 1.165) is 0 Å². The van der Waals surface area contributed by atoms with Gasteiger partial charge in [-0.2, -0.15) is 0 Å². The van der Waals surface area contributed by atoms with Gasteiger partial charge in [-0.1, -0.05) is 12.1 Å². The average molecular weight is 283 g/mol. The van der Waals surface area contributed by atoms with Crippen molar-refractivity contribution in [3.05, 3.63) is 29.3 Å². The van der Waals surface area contributed by atoms with Gasteiger partial charge in [-0.15, -0.1) is 0 Å². The summed E-state index contributed by atoms with van der Waals surface area (Å²) in [5, 5.41) is 9.11. The molecule has 0 bridgehead atoms. The minimum absolute atomic E-state index is 0.0701. The molecule has 1 fully saturated rings. The Hall–Kier alpha value is -1.89. The molecule has 1 heterocycles. The zero-order chi connectivity index (χ0) is 14.6. The smallest absolute Gasteiger partial charge is 0.337 e. The van der Waals surface area contributed by atoms with Crippen LogP contribution in [-0.2, 0) is 14.8 Å². The molecule has 0 atom stereocenters. The number of aryl methyl sites for hydroxylation is 1. The lowest BCUT2D eigenvalue weighted by Gasteiger charge is -2.43. The quantitative estimate of drug-likeness (QED) is 0.879. The van der Waals surface area contributed by atoms with Crippen molar-refractivity contribution in [1.82, 2.24) is 0 Å². The van der Waals surface area contributed by atoms with Crippen LogP contribution in [0, 0.1) is 6.92 Å². The third kappa shape index (κ3) is 1.58. The predicted octanol–water partition coefficient (Wildman–Crippen LogP) is 1.15. The minimum atomic E-state index is -3.86. The molecular weight excluding hydrogens is 270 g/mol. The molecule has 2 rings (SSSR count). The van der Waals surface area contributed by atoms with Crippen LogP contribution in [0.1, 0.15) is 29.8 Å². The normalized spacial score (nSPS) is 19.9. The van der Waals surface area contributed by atoms with Crippen molar-refractivity contribution in [3.63, 3.8) is 0 Å². The zero-order valence-electron chi connectivity index (χ0n) is 10.7. The first-order valence-electron chi connectivity index (χ1n) is 5.54. The molecule has 1 saturated heterocycles. The van der Waals surface area contributed by atoms with Crippen LogP contribution >= 0.6 is 0 Å². The van der Waals surface area contributed by atoms with Crippen molar-refractivity contribution in [2.24, 2.45) is 0 Å². The Labute approximate surface area is 110 Å². The highest BCUT2D eigenvalue weighted by molar-refractivity contribution is 7.98. The first-order valence-corrected chi connectivity index (χ1v) is 6.98. The fourth-order valence-electron chi connectivity index (χ4n) is 1.98. The van der Waals surface area contributed by atoms with E-state index >= 15 is 0 Å². The molecule has 1 aliphatic heterocycles. The molecule has 0 unspecified atom stereocenters. The van der Waals surface area contributed by atoms with Gasteiger partial charge in [-0.25, -0.2) is 17.5 Å². The van der Waals surface area contributed by atoms with Gasteiger partial charge < -0.3 is 5.11 Å². The zero-order valence-corrected chi connectivity index (χ0v) is 11.5. The lowest BCUT2D eigenvalue weighted by Crippen LogP contribution is -2.68. The SMILES string of the molecule is Cc1cccc(C(=O)O)c1N1C(=O)C(C)(C)S1(=O)=O. The number of hydrogen-bond donors (Lipinski definition) is 1. The number of carboxylic acid groups (broad SMARTS) is 1. The number of para-hydroxylation sites is 1. The van der Waals surface area contributed by atoms with Gasteiger partial charge in [0.15, 0.2) is 4.75 Å². The first-order chi connectivity index (χ1) is 8.62. The Morgan fingerprint density at radius 1 is 1.32 bits per heavy atom. The minimum Gasteiger partial charge on any atom is -0.478 e. The van der Waals surface area contributed by atoms with E-state index in [-0.39, 0.29) is 11.3 Å². The molecular formula is C12H13NO5S. The molecule has 1 N–H and O–H groups in total. The Bertz CT molecular complexity index is 690. The highest BCUT2D eigenvalue weighted by Gasteiger charge is 2.61. The van der Waals surface area contributed by atoms with Crippen LogP contribution in [0.25, 0.3) is 0 Å². The van der Waals surface area contributed by atoms with Gasteiger partial charge in [0, 0.05) is 0 Å². The number of hydrogen-bond acceptors (Lipinski definition) is 4. The third-order valence-corrected chi connectivity index (χ3v) is 5.55. The van der Waals surface area contributed by atoms with Crippen molar-refractivity contribution in [2.75, 3.05) is 4.31 Å². The lowest BCUT2D eigenvalue weighted by molar-refractivity contribution is -0.120. The summed E-state index contributed by atoms with van der Waals surface area (Å²) >= 11 is 0. The van der Waals surface area contributed by atoms with E-state index in [9.17, 15) is 18.0 Å². The second-order valence-electron chi connectivity index (χ2n) is 4.86. The van der Waals surface area contributed by atoms with Crippen molar-refractivity contribution < 1.29 is 23.1 Å². The standard InChI is InChI=1S/C12H13NO5S/c1-7-5-4-6-8(10(14)15)9(7)13-11(16)12(2,3)19(13,17)18/h4-6H,1-3H3,(H,14,15). The fourth-order valence-corrected chi connectivity index (χ4v) is 3.54. The maximum atomic E-state index is 12.1. The number of benzene rings is 1. The third-order valence-electron chi connectivity index (χ3n) is 3.26. The maximum Gasteiger partial charge on any atom is 0.337 e. The molecule has 1 aliphatic rings. The van der Waals surface area contributed by atoms with E-state index in [1.807, 2.05) is 0 Å². The van der Waals surface area contributed by atoms with Crippen LogP contribution in [0.4, 0.5) is 5.69 Å². The summed E-state index contributed by atoms with van der Waals surface area (Å²) < 4.78 is 23.3.